The number of rotatable bonds is 6. The number of amides is 2. The van der Waals surface area contributed by atoms with E-state index < -0.39 is 29.2 Å². The number of aromatic nitrogens is 1. The standard InChI is InChI=1S/C20H22N8O6S3/c1-26-4-3-11-10(5-26)22-20(34-11)36-8-9-7-35-18-13(17(30)28(18)14(9)19(31)32)23-16(29)15(24-33-2)27-6-12(21)37-25-27/h3-4,6,13,18,25H,5,7-8,21H2,1-2H3,(H,23,29)(H,31,32)/b24-15-/t13?,18-/m1/s1. The molecule has 196 valence electrons. The minimum atomic E-state index is -1.21. The normalized spacial score (nSPS) is 23.0. The fourth-order valence-electron chi connectivity index (χ4n) is 3.95. The number of hydrogen-bond acceptors (Lipinski definition) is 13. The molecule has 1 aromatic heterocycles. The lowest BCUT2D eigenvalue weighted by Gasteiger charge is -2.49. The molecule has 0 aliphatic carbocycles. The van der Waals surface area contributed by atoms with Crippen molar-refractivity contribution in [2.24, 2.45) is 10.9 Å². The highest BCUT2D eigenvalue weighted by Gasteiger charge is 2.54. The van der Waals surface area contributed by atoms with Crippen molar-refractivity contribution in [1.82, 2.24) is 29.9 Å². The van der Waals surface area contributed by atoms with Crippen LogP contribution in [0.2, 0.25) is 0 Å². The number of thioether (sulfide) groups is 2. The summed E-state index contributed by atoms with van der Waals surface area (Å²) in [7, 11) is 3.21. The number of nitrogens with two attached hydrogens (primary N) is 1. The fourth-order valence-corrected chi connectivity index (χ4v) is 6.78. The van der Waals surface area contributed by atoms with Gasteiger partial charge in [0.2, 0.25) is 0 Å². The van der Waals surface area contributed by atoms with Crippen molar-refractivity contribution in [3.8, 4) is 0 Å². The van der Waals surface area contributed by atoms with E-state index in [1.807, 2.05) is 24.2 Å². The number of nitrogens with zero attached hydrogens (tertiary/aromatic N) is 5. The van der Waals surface area contributed by atoms with Crippen LogP contribution < -0.4 is 15.9 Å². The summed E-state index contributed by atoms with van der Waals surface area (Å²) in [6, 6.07) is -0.929. The SMILES string of the molecule is CO/N=C(/C(=O)NC1C(=O)N2C(C(=O)O)=C(CSc3nc4c(o3)C=CN(C)C4)CS[C@H]12)N1C=C(N)SN1. The summed E-state index contributed by atoms with van der Waals surface area (Å²) in [5.74, 6) is -1.26. The van der Waals surface area contributed by atoms with E-state index in [4.69, 9.17) is 15.0 Å². The third-order valence-electron chi connectivity index (χ3n) is 5.62. The molecule has 17 heteroatoms. The minimum absolute atomic E-state index is 0.0817. The second-order valence-corrected chi connectivity index (χ2v) is 11.0. The van der Waals surface area contributed by atoms with Crippen molar-refractivity contribution >= 4 is 65.2 Å². The van der Waals surface area contributed by atoms with Gasteiger partial charge in [0.15, 0.2) is 5.76 Å². The van der Waals surface area contributed by atoms with Crippen LogP contribution in [0.3, 0.4) is 0 Å². The van der Waals surface area contributed by atoms with Gasteiger partial charge in [0.25, 0.3) is 22.9 Å². The number of oxazole rings is 1. The Bertz CT molecular complexity index is 1280. The summed E-state index contributed by atoms with van der Waals surface area (Å²) in [6.45, 7) is 0.624. The van der Waals surface area contributed by atoms with Crippen LogP contribution in [-0.4, -0.2) is 85.6 Å². The Morgan fingerprint density at radius 3 is 3.00 bits per heavy atom. The number of fused-ring (bicyclic) bond motifs is 2. The van der Waals surface area contributed by atoms with E-state index in [0.717, 1.165) is 17.6 Å². The maximum Gasteiger partial charge on any atom is 0.352 e. The van der Waals surface area contributed by atoms with E-state index in [1.54, 1.807) is 0 Å². The third kappa shape index (κ3) is 4.86. The minimum Gasteiger partial charge on any atom is -0.477 e. The first-order valence-electron chi connectivity index (χ1n) is 10.8. The average Bonchev–Trinajstić information content (AvgIpc) is 3.48. The lowest BCUT2D eigenvalue weighted by molar-refractivity contribution is -0.150. The van der Waals surface area contributed by atoms with Gasteiger partial charge in [-0.25, -0.2) is 14.8 Å². The topological polar surface area (TPSA) is 179 Å². The second kappa shape index (κ2) is 10.2. The number of carbonyl (C=O) groups excluding carboxylic acids is 2. The van der Waals surface area contributed by atoms with E-state index in [2.05, 4.69) is 20.3 Å². The number of oxime groups is 1. The largest absolute Gasteiger partial charge is 0.477 e. The van der Waals surface area contributed by atoms with E-state index in [0.29, 0.717) is 33.9 Å². The first-order chi connectivity index (χ1) is 17.8. The van der Waals surface area contributed by atoms with Gasteiger partial charge in [-0.3, -0.25) is 14.5 Å². The highest BCUT2D eigenvalue weighted by Crippen LogP contribution is 2.41. The van der Waals surface area contributed by atoms with Crippen LogP contribution in [0.25, 0.3) is 6.08 Å². The summed E-state index contributed by atoms with van der Waals surface area (Å²) in [5.41, 5.74) is 7.01. The van der Waals surface area contributed by atoms with Crippen molar-refractivity contribution in [3.05, 3.63) is 40.2 Å². The van der Waals surface area contributed by atoms with Gasteiger partial charge in [-0.1, -0.05) is 16.9 Å². The Kier molecular flexibility index (Phi) is 7.02. The van der Waals surface area contributed by atoms with Crippen molar-refractivity contribution < 1.29 is 28.7 Å². The molecule has 0 radical (unpaired) electrons. The molecular weight excluding hydrogens is 544 g/mol. The van der Waals surface area contributed by atoms with Gasteiger partial charge in [0, 0.05) is 24.8 Å². The summed E-state index contributed by atoms with van der Waals surface area (Å²) in [6.07, 6.45) is 5.17. The maximum absolute atomic E-state index is 13.0. The highest BCUT2D eigenvalue weighted by atomic mass is 32.2. The number of hydrogen-bond donors (Lipinski definition) is 4. The van der Waals surface area contributed by atoms with Crippen molar-refractivity contribution in [2.45, 2.75) is 23.2 Å². The number of carboxylic acids is 1. The summed E-state index contributed by atoms with van der Waals surface area (Å²) in [4.78, 5) is 53.2. The lowest BCUT2D eigenvalue weighted by Crippen LogP contribution is -2.71. The molecule has 14 nitrogen and oxygen atoms in total. The Balaban J connectivity index is 1.27. The molecule has 0 saturated carbocycles. The van der Waals surface area contributed by atoms with Gasteiger partial charge in [-0.2, -0.15) is 4.83 Å². The Morgan fingerprint density at radius 2 is 2.30 bits per heavy atom. The molecule has 5 N–H and O–H groups in total. The molecular formula is C20H22N8O6S3. The summed E-state index contributed by atoms with van der Waals surface area (Å²) < 4.78 is 5.77. The molecule has 1 saturated heterocycles. The van der Waals surface area contributed by atoms with Crippen LogP contribution in [-0.2, 0) is 25.8 Å². The number of aliphatic carboxylic acids is 1. The van der Waals surface area contributed by atoms with E-state index in [1.165, 1.54) is 46.7 Å². The molecule has 37 heavy (non-hydrogen) atoms. The molecule has 1 unspecified atom stereocenters. The Labute approximate surface area is 223 Å². The zero-order valence-corrected chi connectivity index (χ0v) is 22.0. The number of carbonyl (C=O) groups is 3. The second-order valence-electron chi connectivity index (χ2n) is 8.12. The first kappa shape index (κ1) is 25.4. The molecule has 1 fully saturated rings. The number of nitrogens with one attached hydrogen (secondary N) is 2. The van der Waals surface area contributed by atoms with Gasteiger partial charge in [0.05, 0.1) is 12.7 Å². The number of β-lactam (4-membered cyclic amide) rings is 1. The highest BCUT2D eigenvalue weighted by molar-refractivity contribution is 8.01. The van der Waals surface area contributed by atoms with Crippen LogP contribution in [0, 0.1) is 0 Å². The lowest BCUT2D eigenvalue weighted by atomic mass is 10.0. The molecule has 2 atom stereocenters. The maximum atomic E-state index is 13.0. The van der Waals surface area contributed by atoms with Gasteiger partial charge in [-0.15, -0.1) is 11.8 Å². The van der Waals surface area contributed by atoms with Crippen molar-refractivity contribution in [1.29, 1.82) is 0 Å². The molecule has 0 aromatic carbocycles. The predicted octanol–water partition coefficient (Wildman–Crippen LogP) is 0.107. The molecule has 0 bridgehead atoms. The van der Waals surface area contributed by atoms with Crippen molar-refractivity contribution in [2.75, 3.05) is 25.7 Å². The zero-order valence-electron chi connectivity index (χ0n) is 19.5. The molecule has 4 aliphatic rings. The number of amidine groups is 1. The fraction of sp³-hybridized carbons (Fsp3) is 0.350. The van der Waals surface area contributed by atoms with E-state index in [9.17, 15) is 19.5 Å². The summed E-state index contributed by atoms with van der Waals surface area (Å²) in [5, 5.41) is 17.8. The quantitative estimate of drug-likeness (QED) is 0.0910. The average molecular weight is 567 g/mol. The third-order valence-corrected chi connectivity index (χ3v) is 8.50. The molecule has 5 heterocycles. The van der Waals surface area contributed by atoms with E-state index >= 15 is 0 Å². The monoisotopic (exact) mass is 566 g/mol. The van der Waals surface area contributed by atoms with Crippen LogP contribution in [0.15, 0.2) is 43.5 Å². The number of hydrazine groups is 1. The number of carboxylic acid groups (broad SMARTS) is 1. The molecule has 0 spiro atoms. The van der Waals surface area contributed by atoms with Crippen LogP contribution in [0.4, 0.5) is 0 Å². The van der Waals surface area contributed by atoms with Crippen LogP contribution in [0.5, 0.6) is 0 Å². The Hall–Kier alpha value is -3.28. The molecule has 2 amide bonds. The summed E-state index contributed by atoms with van der Waals surface area (Å²) >= 11 is 3.72. The zero-order chi connectivity index (χ0) is 26.3. The smallest absolute Gasteiger partial charge is 0.352 e. The van der Waals surface area contributed by atoms with Crippen LogP contribution >= 0.6 is 35.5 Å². The van der Waals surface area contributed by atoms with Gasteiger partial charge in [-0.05, 0) is 23.6 Å². The van der Waals surface area contributed by atoms with Crippen LogP contribution in [0.1, 0.15) is 11.5 Å². The molecule has 4 aliphatic heterocycles. The van der Waals surface area contributed by atoms with Gasteiger partial charge >= 0.3 is 5.97 Å². The Morgan fingerprint density at radius 1 is 1.49 bits per heavy atom. The van der Waals surface area contributed by atoms with Gasteiger partial charge in [0.1, 0.15) is 34.9 Å². The molecule has 5 rings (SSSR count). The molecule has 1 aromatic rings. The predicted molar refractivity (Wildman–Crippen MR) is 137 cm³/mol. The van der Waals surface area contributed by atoms with E-state index in [-0.39, 0.29) is 17.3 Å². The van der Waals surface area contributed by atoms with Gasteiger partial charge < -0.3 is 30.3 Å². The van der Waals surface area contributed by atoms with Crippen molar-refractivity contribution in [3.63, 3.8) is 0 Å². The first-order valence-corrected chi connectivity index (χ1v) is 13.6.